The van der Waals surface area contributed by atoms with Crippen molar-refractivity contribution < 1.29 is 4.74 Å². The van der Waals surface area contributed by atoms with Gasteiger partial charge in [0.2, 0.25) is 0 Å². The average Bonchev–Trinajstić information content (AvgIpc) is 2.69. The van der Waals surface area contributed by atoms with E-state index in [1.807, 2.05) is 0 Å². The lowest BCUT2D eigenvalue weighted by Crippen LogP contribution is -2.44. The van der Waals surface area contributed by atoms with Crippen LogP contribution in [0.4, 0.5) is 0 Å². The maximum atomic E-state index is 5.31. The zero-order valence-corrected chi connectivity index (χ0v) is 15.5. The highest BCUT2D eigenvalue weighted by Gasteiger charge is 2.29. The number of hydrogen-bond donors (Lipinski definition) is 3. The van der Waals surface area contributed by atoms with Gasteiger partial charge in [0.1, 0.15) is 0 Å². The molecule has 26 heavy (non-hydrogen) atoms. The summed E-state index contributed by atoms with van der Waals surface area (Å²) in [6.07, 6.45) is 11.6. The molecular formula is C22H29N3O. The summed E-state index contributed by atoms with van der Waals surface area (Å²) < 4.78 is 5.31. The van der Waals surface area contributed by atoms with E-state index in [2.05, 4.69) is 64.6 Å². The number of ether oxygens (including phenoxy) is 1. The van der Waals surface area contributed by atoms with Crippen molar-refractivity contribution in [3.8, 4) is 0 Å². The van der Waals surface area contributed by atoms with Gasteiger partial charge in [0.05, 0.1) is 6.61 Å². The van der Waals surface area contributed by atoms with Crippen molar-refractivity contribution in [1.29, 1.82) is 0 Å². The molecule has 1 aliphatic carbocycles. The summed E-state index contributed by atoms with van der Waals surface area (Å²) in [5.74, 6) is 0.951. The molecule has 1 saturated heterocycles. The van der Waals surface area contributed by atoms with E-state index in [1.54, 1.807) is 7.11 Å². The number of fused-ring (bicyclic) bond motifs is 1. The molecule has 0 bridgehead atoms. The maximum Gasteiger partial charge on any atom is 0.0713 e. The van der Waals surface area contributed by atoms with Crippen LogP contribution < -0.4 is 16.0 Å². The monoisotopic (exact) mass is 351 g/mol. The molecule has 0 amide bonds. The van der Waals surface area contributed by atoms with Gasteiger partial charge in [-0.1, -0.05) is 30.4 Å². The summed E-state index contributed by atoms with van der Waals surface area (Å²) in [4.78, 5) is 0. The van der Waals surface area contributed by atoms with Gasteiger partial charge < -0.3 is 20.7 Å². The van der Waals surface area contributed by atoms with Crippen LogP contribution in [0, 0.1) is 11.8 Å². The molecule has 4 rings (SSSR count). The van der Waals surface area contributed by atoms with Gasteiger partial charge in [-0.25, -0.2) is 0 Å². The fraction of sp³-hybridized carbons (Fsp3) is 0.455. The molecule has 1 aromatic rings. The molecule has 1 fully saturated rings. The van der Waals surface area contributed by atoms with Crippen LogP contribution in [0.1, 0.15) is 24.0 Å². The highest BCUT2D eigenvalue weighted by Crippen LogP contribution is 2.35. The Morgan fingerprint density at radius 2 is 2.12 bits per heavy atom. The first-order valence-corrected chi connectivity index (χ1v) is 9.72. The van der Waals surface area contributed by atoms with Crippen LogP contribution in [0.3, 0.4) is 0 Å². The predicted molar refractivity (Wildman–Crippen MR) is 106 cm³/mol. The van der Waals surface area contributed by atoms with Gasteiger partial charge in [-0.3, -0.25) is 0 Å². The summed E-state index contributed by atoms with van der Waals surface area (Å²) in [5.41, 5.74) is 5.19. The molecular weight excluding hydrogens is 322 g/mol. The lowest BCUT2D eigenvalue weighted by molar-refractivity contribution is 0.185. The lowest BCUT2D eigenvalue weighted by atomic mass is 9.79. The summed E-state index contributed by atoms with van der Waals surface area (Å²) >= 11 is 0. The first-order chi connectivity index (χ1) is 12.8. The zero-order chi connectivity index (χ0) is 17.8. The molecule has 4 heteroatoms. The van der Waals surface area contributed by atoms with Crippen molar-refractivity contribution in [3.63, 3.8) is 0 Å². The second-order valence-electron chi connectivity index (χ2n) is 7.47. The Labute approximate surface area is 156 Å². The molecule has 0 aromatic heterocycles. The van der Waals surface area contributed by atoms with Crippen molar-refractivity contribution in [3.05, 3.63) is 65.5 Å². The van der Waals surface area contributed by atoms with Crippen molar-refractivity contribution in [1.82, 2.24) is 16.0 Å². The number of allylic oxidation sites excluding steroid dienone is 4. The van der Waals surface area contributed by atoms with E-state index in [-0.39, 0.29) is 0 Å². The highest BCUT2D eigenvalue weighted by molar-refractivity contribution is 5.77. The van der Waals surface area contributed by atoms with Crippen LogP contribution >= 0.6 is 0 Å². The number of nitrogens with one attached hydrogen (secondary N) is 3. The lowest BCUT2D eigenvalue weighted by Gasteiger charge is -2.36. The van der Waals surface area contributed by atoms with E-state index in [4.69, 9.17) is 4.74 Å². The first-order valence-electron chi connectivity index (χ1n) is 9.72. The molecule has 1 aromatic carbocycles. The van der Waals surface area contributed by atoms with Gasteiger partial charge in [-0.05, 0) is 61.0 Å². The number of benzene rings is 1. The smallest absolute Gasteiger partial charge is 0.0713 e. The van der Waals surface area contributed by atoms with Crippen LogP contribution in [-0.4, -0.2) is 32.8 Å². The summed E-state index contributed by atoms with van der Waals surface area (Å²) in [6, 6.07) is 9.28. The Balaban J connectivity index is 1.62. The first kappa shape index (κ1) is 17.4. The van der Waals surface area contributed by atoms with Crippen molar-refractivity contribution in [2.24, 2.45) is 11.8 Å². The van der Waals surface area contributed by atoms with Gasteiger partial charge in [-0.2, -0.15) is 0 Å². The van der Waals surface area contributed by atoms with Crippen LogP contribution in [0.2, 0.25) is 0 Å². The summed E-state index contributed by atoms with van der Waals surface area (Å²) in [5, 5.41) is 10.7. The van der Waals surface area contributed by atoms with Crippen molar-refractivity contribution in [2.75, 3.05) is 26.7 Å². The minimum Gasteiger partial charge on any atom is -0.390 e. The van der Waals surface area contributed by atoms with Crippen LogP contribution in [0.15, 0.2) is 54.4 Å². The standard InChI is InChI=1S/C22H29N3O/c1-26-15-16-3-2-4-17(11-16)19-12-18-5-8-24-14-21(18)22(13-19)25-20-6-9-23-10-7-20/h2-5,8,11-13,18,20-21,23-25H,6-7,9-10,14-15H2,1H3. The second-order valence-corrected chi connectivity index (χ2v) is 7.47. The van der Waals surface area contributed by atoms with Crippen molar-refractivity contribution in [2.45, 2.75) is 25.5 Å². The Kier molecular flexibility index (Phi) is 5.42. The third-order valence-electron chi connectivity index (χ3n) is 5.60. The van der Waals surface area contributed by atoms with Crippen molar-refractivity contribution >= 4 is 5.57 Å². The summed E-state index contributed by atoms with van der Waals surface area (Å²) in [6.45, 7) is 3.87. The normalized spacial score (nSPS) is 25.7. The molecule has 0 radical (unpaired) electrons. The van der Waals surface area contributed by atoms with Gasteiger partial charge >= 0.3 is 0 Å². The second kappa shape index (κ2) is 8.11. The fourth-order valence-electron chi connectivity index (χ4n) is 4.20. The Hall–Kier alpha value is -2.04. The minimum absolute atomic E-state index is 0.451. The van der Waals surface area contributed by atoms with E-state index in [0.29, 0.717) is 24.5 Å². The molecule has 0 saturated carbocycles. The largest absolute Gasteiger partial charge is 0.390 e. The molecule has 3 N–H and O–H groups in total. The van der Waals surface area contributed by atoms with Gasteiger partial charge in [-0.15, -0.1) is 0 Å². The fourth-order valence-corrected chi connectivity index (χ4v) is 4.20. The molecule has 2 atom stereocenters. The molecule has 138 valence electrons. The molecule has 3 aliphatic rings. The average molecular weight is 351 g/mol. The number of hydrogen-bond acceptors (Lipinski definition) is 4. The zero-order valence-electron chi connectivity index (χ0n) is 15.5. The Bertz CT molecular complexity index is 716. The maximum absolute atomic E-state index is 5.31. The molecule has 0 spiro atoms. The van der Waals surface area contributed by atoms with Gasteiger partial charge in [0.15, 0.2) is 0 Å². The topological polar surface area (TPSA) is 45.3 Å². The van der Waals surface area contributed by atoms with Gasteiger partial charge in [0, 0.05) is 37.2 Å². The van der Waals surface area contributed by atoms with Crippen LogP contribution in [-0.2, 0) is 11.3 Å². The number of methoxy groups -OCH3 is 1. The van der Waals surface area contributed by atoms with E-state index in [0.717, 1.165) is 19.6 Å². The van der Waals surface area contributed by atoms with Gasteiger partial charge in [0.25, 0.3) is 0 Å². The number of rotatable bonds is 5. The Morgan fingerprint density at radius 1 is 1.23 bits per heavy atom. The summed E-state index contributed by atoms with van der Waals surface area (Å²) in [7, 11) is 1.75. The SMILES string of the molecule is COCc1cccc(C2=CC3C=CNCC3C(NC3CCNCC3)=C2)c1. The van der Waals surface area contributed by atoms with E-state index < -0.39 is 0 Å². The molecule has 2 unspecified atom stereocenters. The third kappa shape index (κ3) is 3.87. The van der Waals surface area contributed by atoms with Crippen LogP contribution in [0.25, 0.3) is 5.57 Å². The van der Waals surface area contributed by atoms with E-state index >= 15 is 0 Å². The third-order valence-corrected chi connectivity index (χ3v) is 5.60. The van der Waals surface area contributed by atoms with Crippen LogP contribution in [0.5, 0.6) is 0 Å². The van der Waals surface area contributed by atoms with E-state index in [1.165, 1.54) is 35.2 Å². The Morgan fingerprint density at radius 3 is 2.96 bits per heavy atom. The predicted octanol–water partition coefficient (Wildman–Crippen LogP) is 2.80. The molecule has 2 aliphatic heterocycles. The molecule has 2 heterocycles. The number of piperidine rings is 1. The highest BCUT2D eigenvalue weighted by atomic mass is 16.5. The van der Waals surface area contributed by atoms with E-state index in [9.17, 15) is 0 Å². The minimum atomic E-state index is 0.451. The molecule has 4 nitrogen and oxygen atoms in total. The quantitative estimate of drug-likeness (QED) is 0.763.